The normalized spacial score (nSPS) is 10.9. The predicted molar refractivity (Wildman–Crippen MR) is 584 cm³/mol. The quantitative estimate of drug-likeness (QED) is 0.00331. The van der Waals surface area contributed by atoms with Crippen LogP contribution in [0, 0.1) is 27.2 Å². The highest BCUT2D eigenvalue weighted by molar-refractivity contribution is 7.98. The van der Waals surface area contributed by atoms with Crippen molar-refractivity contribution in [3.8, 4) is 11.3 Å². The van der Waals surface area contributed by atoms with Gasteiger partial charge in [0.15, 0.2) is 17.2 Å². The van der Waals surface area contributed by atoms with Gasteiger partial charge in [-0.15, -0.1) is 0 Å². The van der Waals surface area contributed by atoms with Gasteiger partial charge in [0.2, 0.25) is 5.78 Å². The Labute approximate surface area is 873 Å². The summed E-state index contributed by atoms with van der Waals surface area (Å²) in [7, 11) is 7.23. The number of carbonyl (C=O) groups excluding carboxylic acids is 6. The SMILES string of the molecule is CC(C)On1cc(C(=O)O)c2ccccc21.CC(C)On1cc(C=O)c2ccccc21.CC(C)On1ccc2ccccc21.CCOC(=O)C(=CN(C)C)C(=O)c1cn(OC(C)C)c2ccccc12.CCOC(=O)CC(=O)c1cn(OC(C)C)c2ccccc12.CCOC(=O)c1cnc(SC)nc1-c1cn(OC(C)C)c2ccccc12.CN(C)/C=C/c1ccccc1[N+](=O)[O-].Cc1ccccc1[N+](=O)[O-].On1ccc2ccccc21. The van der Waals surface area contributed by atoms with Gasteiger partial charge in [0, 0.05) is 125 Å². The Bertz CT molecular complexity index is 7500. The molecule has 36 heteroatoms. The van der Waals surface area contributed by atoms with Crippen LogP contribution in [0.1, 0.15) is 173 Å². The molecule has 8 heterocycles. The van der Waals surface area contributed by atoms with Crippen LogP contribution < -0.4 is 29.0 Å². The van der Waals surface area contributed by atoms with E-state index in [1.54, 1.807) is 145 Å². The van der Waals surface area contributed by atoms with Gasteiger partial charge < -0.3 is 63.3 Å². The summed E-state index contributed by atoms with van der Waals surface area (Å²) in [5.74, 6) is -3.18. The Morgan fingerprint density at radius 1 is 0.433 bits per heavy atom. The molecule has 17 aromatic rings. The maximum absolute atomic E-state index is 13.0. The fourth-order valence-corrected chi connectivity index (χ4v) is 15.1. The summed E-state index contributed by atoms with van der Waals surface area (Å²) in [6.07, 6.45) is 21.1. The van der Waals surface area contributed by atoms with E-state index >= 15 is 0 Å². The second-order valence-corrected chi connectivity index (χ2v) is 36.0. The molecule has 0 atom stereocenters. The summed E-state index contributed by atoms with van der Waals surface area (Å²) in [4.78, 5) is 150. The van der Waals surface area contributed by atoms with Crippen LogP contribution in [0.5, 0.6) is 0 Å². The number of aryl methyl sites for hydroxylation is 1. The zero-order valence-electron chi connectivity index (χ0n) is 87.9. The first kappa shape index (κ1) is 116. The molecular weight excluding hydrogens is 1940 g/mol. The van der Waals surface area contributed by atoms with Crippen molar-refractivity contribution in [1.82, 2.24) is 52.9 Å². The van der Waals surface area contributed by atoms with Crippen molar-refractivity contribution in [1.29, 1.82) is 0 Å². The van der Waals surface area contributed by atoms with Gasteiger partial charge in [0.05, 0.1) is 122 Å². The van der Waals surface area contributed by atoms with E-state index in [4.69, 9.17) is 53.5 Å². The zero-order valence-corrected chi connectivity index (χ0v) is 88.8. The maximum Gasteiger partial charge on any atom is 0.343 e. The summed E-state index contributed by atoms with van der Waals surface area (Å²) in [6, 6.07) is 70.8. The number of ether oxygens (including phenoxy) is 3. The van der Waals surface area contributed by atoms with E-state index in [0.29, 0.717) is 56.2 Å². The number of rotatable bonds is 31. The van der Waals surface area contributed by atoms with Crippen LogP contribution in [-0.4, -0.2) is 206 Å². The van der Waals surface area contributed by atoms with Gasteiger partial charge in [-0.05, 0) is 190 Å². The molecule has 0 fully saturated rings. The Morgan fingerprint density at radius 2 is 0.833 bits per heavy atom. The predicted octanol–water partition coefficient (Wildman–Crippen LogP) is 22.0. The second-order valence-electron chi connectivity index (χ2n) is 35.2. The van der Waals surface area contributed by atoms with E-state index in [2.05, 4.69) is 28.2 Å². The number of carbonyl (C=O) groups is 7. The fourth-order valence-electron chi connectivity index (χ4n) is 14.7. The van der Waals surface area contributed by atoms with Crippen molar-refractivity contribution in [2.45, 2.75) is 159 Å². The summed E-state index contributed by atoms with van der Waals surface area (Å²) >= 11 is 1.42. The molecule has 0 saturated heterocycles. The minimum atomic E-state index is -0.942. The lowest BCUT2D eigenvalue weighted by molar-refractivity contribution is -0.385. The number of para-hydroxylation sites is 9. The number of hydrogen-bond donors (Lipinski definition) is 2. The minimum absolute atomic E-state index is 0.00236. The number of Topliss-reactive ketones (excluding diaryl/α,β-unsaturated/α-hetero) is 2. The van der Waals surface area contributed by atoms with Gasteiger partial charge in [-0.25, -0.2) is 24.4 Å². The standard InChI is InChI=1S/C19H21N3O3S.C19H24N2O4.C16H19NO4.C12H13NO3.C12H13NO2.C11H13NO.C10H12N2O2.C8H7NO.C7H7NO2/c1-5-24-18(23)14-10-20-19(26-4)21-17(14)15-11-22(25-12(2)3)16-9-7-6-8-13(15)16;1-6-24-19(23)16(11-20(4)5)18(22)15-12-21(25-13(2)3)17-10-8-7-9-14(15)17;1-4-20-16(19)9-15(18)13-10-17(21-11(2)3)14-8-6-5-7-12(13)14;1-8(2)16-13-7-10(12(14)15)9-5-3-4-6-11(9)13;1-9(2)15-13-7-10(8-14)11-5-3-4-6-12(11)13;1-9(2)13-12-8-7-10-5-3-4-6-11(10)12;1-11(2)8-7-9-5-3-4-6-10(9)12(13)14;10-9-6-5-7-3-1-2-4-8(7)9;1-6-4-2-3-5-7(6)8(9)10/h6-12H,5H2,1-4H3;7-13H,6H2,1-5H3;5-8,10-11H,4,9H2,1-3H3;3-8H,1-2H3,(H,14,15);3-9H,1-2H3;3-9H,1-2H3;3-8H,1-2H3;1-6,10H;2-5H,1H3/b;;;;;;8-7+;;. The highest BCUT2D eigenvalue weighted by Crippen LogP contribution is 2.34. The van der Waals surface area contributed by atoms with Gasteiger partial charge in [-0.3, -0.25) is 39.4 Å². The van der Waals surface area contributed by atoms with Gasteiger partial charge in [0.25, 0.3) is 11.4 Å². The Kier molecular flexibility index (Phi) is 44.0. The smallest absolute Gasteiger partial charge is 0.343 e. The number of benzene rings is 9. The van der Waals surface area contributed by atoms with Crippen molar-refractivity contribution in [3.63, 3.8) is 0 Å². The number of esters is 3. The number of fused-ring (bicyclic) bond motifs is 7. The van der Waals surface area contributed by atoms with Crippen LogP contribution in [0.3, 0.4) is 0 Å². The number of carboxylic acid groups (broad SMARTS) is 1. The number of ketones is 2. The molecule has 35 nitrogen and oxygen atoms in total. The number of nitro groups is 2. The summed E-state index contributed by atoms with van der Waals surface area (Å²) < 4.78 is 26.0. The average Bonchev–Trinajstić information content (AvgIpc) is 1.60. The topological polar surface area (TPSA) is 396 Å². The molecule has 0 aliphatic heterocycles. The van der Waals surface area contributed by atoms with Crippen LogP contribution in [0.15, 0.2) is 303 Å². The largest absolute Gasteiger partial charge is 0.478 e. The second kappa shape index (κ2) is 56.9. The van der Waals surface area contributed by atoms with Gasteiger partial charge >= 0.3 is 23.9 Å². The van der Waals surface area contributed by atoms with Gasteiger partial charge in [-0.1, -0.05) is 169 Å². The molecule has 0 amide bonds. The number of nitro benzene ring substituents is 2. The minimum Gasteiger partial charge on any atom is -0.478 e. The number of thioether (sulfide) groups is 1. The third-order valence-corrected chi connectivity index (χ3v) is 21.4. The molecule has 788 valence electrons. The highest BCUT2D eigenvalue weighted by atomic mass is 32.2. The molecule has 9 aromatic carbocycles. The van der Waals surface area contributed by atoms with Crippen molar-refractivity contribution >= 4 is 147 Å². The van der Waals surface area contributed by atoms with Gasteiger partial charge in [-0.2, -0.15) is 33.1 Å². The lowest BCUT2D eigenvalue weighted by Gasteiger charge is -2.11. The Hall–Kier alpha value is -17.4. The van der Waals surface area contributed by atoms with E-state index in [0.717, 1.165) is 82.1 Å². The third kappa shape index (κ3) is 32.8. The van der Waals surface area contributed by atoms with Crippen LogP contribution in [0.2, 0.25) is 0 Å². The fraction of sp³-hybridized carbons (Fsp3) is 0.272. The van der Waals surface area contributed by atoms with Crippen molar-refractivity contribution in [2.24, 2.45) is 0 Å². The first-order chi connectivity index (χ1) is 71.7. The monoisotopic (exact) mass is 2060 g/mol. The lowest BCUT2D eigenvalue weighted by atomic mass is 10.0. The highest BCUT2D eigenvalue weighted by Gasteiger charge is 2.28. The number of nitrogens with zero attached hydrogens (tertiary/aromatic N) is 13. The van der Waals surface area contributed by atoms with E-state index in [-0.39, 0.29) is 94.4 Å². The summed E-state index contributed by atoms with van der Waals surface area (Å²) in [6.45, 7) is 31.0. The molecule has 8 aromatic heterocycles. The number of aromatic carboxylic acids is 1. The zero-order chi connectivity index (χ0) is 110. The number of hydrogen-bond acceptors (Lipinski definition) is 26. The number of carboxylic acids is 1. The van der Waals surface area contributed by atoms with Crippen LogP contribution in [0.25, 0.3) is 93.7 Å². The van der Waals surface area contributed by atoms with Crippen LogP contribution in [0.4, 0.5) is 11.4 Å². The van der Waals surface area contributed by atoms with Crippen molar-refractivity contribution < 1.29 is 97.0 Å². The molecule has 0 bridgehead atoms. The Balaban J connectivity index is 0.000000190. The molecule has 17 rings (SSSR count). The summed E-state index contributed by atoms with van der Waals surface area (Å²) in [5, 5.41) is 46.0. The first-order valence-corrected chi connectivity index (χ1v) is 49.6. The molecule has 0 spiro atoms. The van der Waals surface area contributed by atoms with E-state index in [1.165, 1.54) is 52.6 Å². The molecule has 0 aliphatic rings. The molecule has 0 saturated carbocycles. The van der Waals surface area contributed by atoms with Crippen molar-refractivity contribution in [3.05, 3.63) is 357 Å². The lowest BCUT2D eigenvalue weighted by Crippen LogP contribution is -2.20. The first-order valence-electron chi connectivity index (χ1n) is 48.4. The summed E-state index contributed by atoms with van der Waals surface area (Å²) in [5.41, 5.74) is 11.3. The average molecular weight is 2070 g/mol. The van der Waals surface area contributed by atoms with Crippen LogP contribution in [-0.2, 0) is 23.8 Å². The van der Waals surface area contributed by atoms with E-state index in [1.807, 2.05) is 283 Å². The maximum atomic E-state index is 13.0. The molecular formula is C114H129N13O22S. The molecule has 0 unspecified atom stereocenters. The van der Waals surface area contributed by atoms with Crippen molar-refractivity contribution in [2.75, 3.05) is 54.3 Å². The Morgan fingerprint density at radius 3 is 1.30 bits per heavy atom. The van der Waals surface area contributed by atoms with E-state index in [9.17, 15) is 53.8 Å². The molecule has 0 radical (unpaired) electrons. The third-order valence-electron chi connectivity index (χ3n) is 20.8. The molecule has 150 heavy (non-hydrogen) atoms. The number of aldehydes is 1. The van der Waals surface area contributed by atoms with Gasteiger partial charge in [0.1, 0.15) is 54.2 Å². The molecule has 2 N–H and O–H groups in total. The number of aromatic nitrogens is 9. The van der Waals surface area contributed by atoms with E-state index < -0.39 is 29.7 Å². The molecule has 0 aliphatic carbocycles. The van der Waals surface area contributed by atoms with Crippen LogP contribution >= 0.6 is 11.8 Å².